The van der Waals surface area contributed by atoms with E-state index < -0.39 is 0 Å². The van der Waals surface area contributed by atoms with Crippen molar-refractivity contribution in [3.63, 3.8) is 0 Å². The van der Waals surface area contributed by atoms with Crippen molar-refractivity contribution >= 4 is 11.8 Å². The van der Waals surface area contributed by atoms with Gasteiger partial charge in [-0.05, 0) is 30.5 Å². The average Bonchev–Trinajstić information content (AvgIpc) is 3.36. The predicted octanol–water partition coefficient (Wildman–Crippen LogP) is 0.812. The molecule has 0 spiro atoms. The molecule has 2 amide bonds. The minimum atomic E-state index is -0.316. The Morgan fingerprint density at radius 2 is 1.64 bits per heavy atom. The molecular formula is C15H20N2O5. The fourth-order valence-corrected chi connectivity index (χ4v) is 2.05. The van der Waals surface area contributed by atoms with Gasteiger partial charge in [-0.1, -0.05) is 0 Å². The molecule has 0 aromatic heterocycles. The fraction of sp³-hybridized carbons (Fsp3) is 0.467. The molecule has 1 aliphatic carbocycles. The molecule has 7 heteroatoms. The summed E-state index contributed by atoms with van der Waals surface area (Å²) in [6.07, 6.45) is 1.85. The number of ether oxygens (including phenoxy) is 3. The Balaban J connectivity index is 2.01. The number of hydrogen-bond acceptors (Lipinski definition) is 5. The van der Waals surface area contributed by atoms with Crippen LogP contribution < -0.4 is 25.1 Å². The number of nitrogens with one attached hydrogen (secondary N) is 2. The third-order valence-corrected chi connectivity index (χ3v) is 3.36. The van der Waals surface area contributed by atoms with Crippen LogP contribution in [0.3, 0.4) is 0 Å². The molecule has 1 saturated carbocycles. The second-order valence-corrected chi connectivity index (χ2v) is 5.02. The maximum atomic E-state index is 11.9. The van der Waals surface area contributed by atoms with E-state index in [1.807, 2.05) is 0 Å². The molecule has 120 valence electrons. The Hall–Kier alpha value is -2.44. The standard InChI is InChI=1S/C15H20N2O5/c1-20-11-6-9(7-12(21-2)14(11)22-3)8-13(18)16-17-15(19)10-4-5-10/h6-7,10H,4-5,8H2,1-3H3,(H,16,18)(H,17,19). The molecule has 0 heterocycles. The number of carbonyl (C=O) groups excluding carboxylic acids is 2. The lowest BCUT2D eigenvalue weighted by Gasteiger charge is -2.14. The first-order valence-electron chi connectivity index (χ1n) is 6.96. The smallest absolute Gasteiger partial charge is 0.242 e. The van der Waals surface area contributed by atoms with Crippen molar-refractivity contribution in [1.29, 1.82) is 0 Å². The van der Waals surface area contributed by atoms with E-state index in [4.69, 9.17) is 14.2 Å². The van der Waals surface area contributed by atoms with Gasteiger partial charge in [0.25, 0.3) is 0 Å². The monoisotopic (exact) mass is 308 g/mol. The van der Waals surface area contributed by atoms with Crippen molar-refractivity contribution in [2.75, 3.05) is 21.3 Å². The van der Waals surface area contributed by atoms with Gasteiger partial charge in [0.2, 0.25) is 17.6 Å². The molecule has 1 aromatic carbocycles. The molecule has 22 heavy (non-hydrogen) atoms. The summed E-state index contributed by atoms with van der Waals surface area (Å²) in [5.41, 5.74) is 5.51. The van der Waals surface area contributed by atoms with Crippen LogP contribution in [0, 0.1) is 5.92 Å². The van der Waals surface area contributed by atoms with Gasteiger partial charge in [-0.2, -0.15) is 0 Å². The number of hydrazine groups is 1. The van der Waals surface area contributed by atoms with E-state index in [1.54, 1.807) is 12.1 Å². The molecule has 1 fully saturated rings. The van der Waals surface area contributed by atoms with Crippen molar-refractivity contribution in [3.05, 3.63) is 17.7 Å². The van der Waals surface area contributed by atoms with E-state index in [0.29, 0.717) is 22.8 Å². The van der Waals surface area contributed by atoms with Crippen LogP contribution in [0.25, 0.3) is 0 Å². The van der Waals surface area contributed by atoms with Gasteiger partial charge in [0.05, 0.1) is 27.8 Å². The van der Waals surface area contributed by atoms with Crippen LogP contribution in [-0.4, -0.2) is 33.1 Å². The Labute approximate surface area is 128 Å². The van der Waals surface area contributed by atoms with E-state index >= 15 is 0 Å². The van der Waals surface area contributed by atoms with Gasteiger partial charge in [0, 0.05) is 5.92 Å². The minimum Gasteiger partial charge on any atom is -0.493 e. The lowest BCUT2D eigenvalue weighted by atomic mass is 10.1. The third-order valence-electron chi connectivity index (χ3n) is 3.36. The molecule has 2 rings (SSSR count). The molecular weight excluding hydrogens is 288 g/mol. The van der Waals surface area contributed by atoms with E-state index in [2.05, 4.69) is 10.9 Å². The average molecular weight is 308 g/mol. The largest absolute Gasteiger partial charge is 0.493 e. The van der Waals surface area contributed by atoms with Gasteiger partial charge in [-0.15, -0.1) is 0 Å². The molecule has 0 unspecified atom stereocenters. The lowest BCUT2D eigenvalue weighted by molar-refractivity contribution is -0.129. The highest BCUT2D eigenvalue weighted by Crippen LogP contribution is 2.38. The third kappa shape index (κ3) is 3.81. The molecule has 1 aromatic rings. The number of hydrogen-bond donors (Lipinski definition) is 2. The van der Waals surface area contributed by atoms with Gasteiger partial charge in [0.15, 0.2) is 11.5 Å². The van der Waals surface area contributed by atoms with Crippen molar-refractivity contribution in [2.24, 2.45) is 5.92 Å². The van der Waals surface area contributed by atoms with E-state index in [1.165, 1.54) is 21.3 Å². The maximum Gasteiger partial charge on any atom is 0.242 e. The number of benzene rings is 1. The number of amides is 2. The van der Waals surface area contributed by atoms with Crippen LogP contribution >= 0.6 is 0 Å². The van der Waals surface area contributed by atoms with E-state index in [0.717, 1.165) is 12.8 Å². The lowest BCUT2D eigenvalue weighted by Crippen LogP contribution is -2.43. The Morgan fingerprint density at radius 3 is 2.09 bits per heavy atom. The highest BCUT2D eigenvalue weighted by atomic mass is 16.5. The second-order valence-electron chi connectivity index (χ2n) is 5.02. The summed E-state index contributed by atoms with van der Waals surface area (Å²) < 4.78 is 15.7. The molecule has 0 bridgehead atoms. The highest BCUT2D eigenvalue weighted by Gasteiger charge is 2.29. The van der Waals surface area contributed by atoms with Crippen LogP contribution in [0.15, 0.2) is 12.1 Å². The molecule has 0 aliphatic heterocycles. The summed E-state index contributed by atoms with van der Waals surface area (Å²) in [5, 5.41) is 0. The normalized spacial score (nSPS) is 13.2. The molecule has 2 N–H and O–H groups in total. The van der Waals surface area contributed by atoms with Crippen molar-refractivity contribution in [2.45, 2.75) is 19.3 Å². The quantitative estimate of drug-likeness (QED) is 0.760. The summed E-state index contributed by atoms with van der Waals surface area (Å²) in [7, 11) is 4.54. The van der Waals surface area contributed by atoms with Crippen LogP contribution in [0.2, 0.25) is 0 Å². The number of carbonyl (C=O) groups is 2. The minimum absolute atomic E-state index is 0.0430. The molecule has 1 aliphatic rings. The summed E-state index contributed by atoms with van der Waals surface area (Å²) in [6.45, 7) is 0. The van der Waals surface area contributed by atoms with Crippen LogP contribution in [0.5, 0.6) is 17.2 Å². The van der Waals surface area contributed by atoms with Crippen molar-refractivity contribution < 1.29 is 23.8 Å². The fourth-order valence-electron chi connectivity index (χ4n) is 2.05. The SMILES string of the molecule is COc1cc(CC(=O)NNC(=O)C2CC2)cc(OC)c1OC. The van der Waals surface area contributed by atoms with Crippen LogP contribution in [0.4, 0.5) is 0 Å². The molecule has 7 nitrogen and oxygen atoms in total. The van der Waals surface area contributed by atoms with Gasteiger partial charge in [-0.25, -0.2) is 0 Å². The molecule has 0 radical (unpaired) electrons. The summed E-state index contributed by atoms with van der Waals surface area (Å²) >= 11 is 0. The van der Waals surface area contributed by atoms with Crippen LogP contribution in [0.1, 0.15) is 18.4 Å². The Morgan fingerprint density at radius 1 is 1.05 bits per heavy atom. The number of rotatable bonds is 6. The van der Waals surface area contributed by atoms with Crippen LogP contribution in [-0.2, 0) is 16.0 Å². The van der Waals surface area contributed by atoms with Gasteiger partial charge >= 0.3 is 0 Å². The van der Waals surface area contributed by atoms with Gasteiger partial charge < -0.3 is 14.2 Å². The summed E-state index contributed by atoms with van der Waals surface area (Å²) in [4.78, 5) is 23.3. The zero-order valence-corrected chi connectivity index (χ0v) is 12.9. The Kier molecular flexibility index (Phi) is 5.08. The zero-order chi connectivity index (χ0) is 16.1. The maximum absolute atomic E-state index is 11.9. The van der Waals surface area contributed by atoms with Gasteiger partial charge in [-0.3, -0.25) is 20.4 Å². The van der Waals surface area contributed by atoms with E-state index in [-0.39, 0.29) is 24.2 Å². The highest BCUT2D eigenvalue weighted by molar-refractivity contribution is 5.85. The van der Waals surface area contributed by atoms with E-state index in [9.17, 15) is 9.59 Å². The predicted molar refractivity (Wildman–Crippen MR) is 78.8 cm³/mol. The molecule has 0 atom stereocenters. The number of methoxy groups -OCH3 is 3. The summed E-state index contributed by atoms with van der Waals surface area (Å²) in [6, 6.07) is 3.40. The first kappa shape index (κ1) is 15.9. The second kappa shape index (κ2) is 7.02. The molecule has 0 saturated heterocycles. The van der Waals surface area contributed by atoms with Crippen molar-refractivity contribution in [3.8, 4) is 17.2 Å². The Bertz CT molecular complexity index is 544. The topological polar surface area (TPSA) is 85.9 Å². The van der Waals surface area contributed by atoms with Crippen molar-refractivity contribution in [1.82, 2.24) is 10.9 Å². The van der Waals surface area contributed by atoms with Gasteiger partial charge in [0.1, 0.15) is 0 Å². The summed E-state index contributed by atoms with van der Waals surface area (Å²) in [5.74, 6) is 1.01. The zero-order valence-electron chi connectivity index (χ0n) is 12.9. The first-order valence-corrected chi connectivity index (χ1v) is 6.96. The first-order chi connectivity index (χ1) is 10.6.